The molecule has 1 N–H and O–H groups in total. The molecule has 0 aliphatic heterocycles. The van der Waals surface area contributed by atoms with Crippen molar-refractivity contribution in [3.8, 4) is 11.4 Å². The van der Waals surface area contributed by atoms with E-state index in [9.17, 15) is 4.79 Å². The van der Waals surface area contributed by atoms with Gasteiger partial charge >= 0.3 is 0 Å². The van der Waals surface area contributed by atoms with E-state index >= 15 is 0 Å². The monoisotopic (exact) mass is 327 g/mol. The Labute approximate surface area is 143 Å². The maximum atomic E-state index is 12.3. The van der Waals surface area contributed by atoms with Gasteiger partial charge in [-0.3, -0.25) is 4.79 Å². The van der Waals surface area contributed by atoms with E-state index < -0.39 is 0 Å². The summed E-state index contributed by atoms with van der Waals surface area (Å²) in [6.45, 7) is 2.77. The maximum absolute atomic E-state index is 12.3. The van der Waals surface area contributed by atoms with Crippen molar-refractivity contribution in [1.29, 1.82) is 0 Å². The number of aromatic nitrogens is 2. The summed E-state index contributed by atoms with van der Waals surface area (Å²) in [7, 11) is 1.63. The number of amides is 1. The molecule has 0 unspecified atom stereocenters. The van der Waals surface area contributed by atoms with E-state index in [0.29, 0.717) is 11.6 Å². The predicted octanol–water partition coefficient (Wildman–Crippen LogP) is 3.50. The molecular weight excluding hydrogens is 302 g/mol. The van der Waals surface area contributed by atoms with Gasteiger partial charge in [0.15, 0.2) is 5.69 Å². The topological polar surface area (TPSA) is 56.1 Å². The van der Waals surface area contributed by atoms with Gasteiger partial charge in [-0.2, -0.15) is 5.10 Å². The number of aryl methyl sites for hydroxylation is 1. The highest BCUT2D eigenvalue weighted by atomic mass is 16.5. The number of carbonyl (C=O) groups excluding carboxylic acids is 1. The number of methoxy groups -OCH3 is 1. The standard InChI is InChI=1S/C19H25N3O2/c1-14-8-9-18(24-2)17(12-14)22-11-10-16(21-22)19(23)20-13-15-6-4-3-5-7-15/h8-12,15H,3-7,13H2,1-2H3,(H,20,23). The van der Waals surface area contributed by atoms with Crippen LogP contribution in [0.1, 0.15) is 48.2 Å². The molecule has 1 aromatic heterocycles. The predicted molar refractivity (Wildman–Crippen MR) is 93.8 cm³/mol. The lowest BCUT2D eigenvalue weighted by molar-refractivity contribution is 0.0938. The van der Waals surface area contributed by atoms with Crippen molar-refractivity contribution < 1.29 is 9.53 Å². The molecule has 24 heavy (non-hydrogen) atoms. The molecule has 5 heteroatoms. The summed E-state index contributed by atoms with van der Waals surface area (Å²) in [5.74, 6) is 1.24. The number of ether oxygens (including phenoxy) is 1. The van der Waals surface area contributed by atoms with Gasteiger partial charge in [-0.25, -0.2) is 4.68 Å². The van der Waals surface area contributed by atoms with Crippen LogP contribution >= 0.6 is 0 Å². The molecule has 1 amide bonds. The third-order valence-corrected chi connectivity index (χ3v) is 4.68. The number of nitrogens with zero attached hydrogens (tertiary/aromatic N) is 2. The van der Waals surface area contributed by atoms with Crippen LogP contribution in [0.25, 0.3) is 5.69 Å². The van der Waals surface area contributed by atoms with Crippen molar-refractivity contribution in [2.45, 2.75) is 39.0 Å². The first-order valence-corrected chi connectivity index (χ1v) is 8.66. The quantitative estimate of drug-likeness (QED) is 0.914. The molecule has 1 aliphatic rings. The second kappa shape index (κ2) is 7.51. The van der Waals surface area contributed by atoms with Crippen LogP contribution in [0.3, 0.4) is 0 Å². The summed E-state index contributed by atoms with van der Waals surface area (Å²) >= 11 is 0. The largest absolute Gasteiger partial charge is 0.494 e. The highest BCUT2D eigenvalue weighted by Gasteiger charge is 2.16. The normalized spacial score (nSPS) is 15.2. The van der Waals surface area contributed by atoms with Gasteiger partial charge < -0.3 is 10.1 Å². The van der Waals surface area contributed by atoms with Crippen LogP contribution in [0.5, 0.6) is 5.75 Å². The zero-order chi connectivity index (χ0) is 16.9. The molecule has 5 nitrogen and oxygen atoms in total. The molecule has 3 rings (SSSR count). The third kappa shape index (κ3) is 3.78. The molecule has 0 atom stereocenters. The second-order valence-electron chi connectivity index (χ2n) is 6.53. The van der Waals surface area contributed by atoms with Gasteiger partial charge in [0, 0.05) is 12.7 Å². The second-order valence-corrected chi connectivity index (χ2v) is 6.53. The first-order valence-electron chi connectivity index (χ1n) is 8.66. The van der Waals surface area contributed by atoms with Gasteiger partial charge in [-0.1, -0.05) is 25.3 Å². The highest BCUT2D eigenvalue weighted by Crippen LogP contribution is 2.24. The molecule has 0 bridgehead atoms. The molecule has 0 radical (unpaired) electrons. The summed E-state index contributed by atoms with van der Waals surface area (Å²) in [5.41, 5.74) is 2.39. The Morgan fingerprint density at radius 2 is 2.08 bits per heavy atom. The highest BCUT2D eigenvalue weighted by molar-refractivity contribution is 5.92. The lowest BCUT2D eigenvalue weighted by atomic mass is 9.89. The average molecular weight is 327 g/mol. The average Bonchev–Trinajstić information content (AvgIpc) is 3.10. The minimum absolute atomic E-state index is 0.106. The van der Waals surface area contributed by atoms with Crippen LogP contribution in [0.15, 0.2) is 30.5 Å². The Morgan fingerprint density at radius 3 is 2.83 bits per heavy atom. The van der Waals surface area contributed by atoms with Gasteiger partial charge in [0.2, 0.25) is 0 Å². The zero-order valence-corrected chi connectivity index (χ0v) is 14.4. The van der Waals surface area contributed by atoms with Gasteiger partial charge in [-0.05, 0) is 49.4 Å². The fraction of sp³-hybridized carbons (Fsp3) is 0.474. The molecular formula is C19H25N3O2. The minimum Gasteiger partial charge on any atom is -0.494 e. The molecule has 1 heterocycles. The Kier molecular flexibility index (Phi) is 5.18. The first kappa shape index (κ1) is 16.6. The number of hydrogen-bond acceptors (Lipinski definition) is 3. The summed E-state index contributed by atoms with van der Waals surface area (Å²) in [6.07, 6.45) is 8.12. The Bertz CT molecular complexity index is 702. The number of nitrogens with one attached hydrogen (secondary N) is 1. The van der Waals surface area contributed by atoms with Gasteiger partial charge in [0.1, 0.15) is 11.4 Å². The van der Waals surface area contributed by atoms with Gasteiger partial charge in [-0.15, -0.1) is 0 Å². The van der Waals surface area contributed by atoms with E-state index in [1.54, 1.807) is 24.1 Å². The lowest BCUT2D eigenvalue weighted by Gasteiger charge is -2.21. The van der Waals surface area contributed by atoms with Crippen LogP contribution in [0, 0.1) is 12.8 Å². The van der Waals surface area contributed by atoms with E-state index in [1.165, 1.54) is 32.1 Å². The summed E-state index contributed by atoms with van der Waals surface area (Å²) in [6, 6.07) is 7.65. The van der Waals surface area contributed by atoms with Crippen molar-refractivity contribution in [1.82, 2.24) is 15.1 Å². The van der Waals surface area contributed by atoms with E-state index in [-0.39, 0.29) is 5.91 Å². The van der Waals surface area contributed by atoms with Gasteiger partial charge in [0.25, 0.3) is 5.91 Å². The SMILES string of the molecule is COc1ccc(C)cc1-n1ccc(C(=O)NCC2CCCCC2)n1. The number of hydrogen-bond donors (Lipinski definition) is 1. The lowest BCUT2D eigenvalue weighted by Crippen LogP contribution is -2.30. The minimum atomic E-state index is -0.106. The molecule has 1 aromatic carbocycles. The molecule has 2 aromatic rings. The van der Waals surface area contributed by atoms with Crippen molar-refractivity contribution in [3.63, 3.8) is 0 Å². The Hall–Kier alpha value is -2.30. The van der Waals surface area contributed by atoms with Crippen LogP contribution in [-0.2, 0) is 0 Å². The summed E-state index contributed by atoms with van der Waals surface area (Å²) in [4.78, 5) is 12.3. The van der Waals surface area contributed by atoms with Crippen LogP contribution in [-0.4, -0.2) is 29.3 Å². The Morgan fingerprint density at radius 1 is 1.29 bits per heavy atom. The van der Waals surface area contributed by atoms with Crippen LogP contribution < -0.4 is 10.1 Å². The molecule has 1 saturated carbocycles. The van der Waals surface area contributed by atoms with Crippen molar-refractivity contribution in [3.05, 3.63) is 41.7 Å². The van der Waals surface area contributed by atoms with Gasteiger partial charge in [0.05, 0.1) is 7.11 Å². The number of carbonyl (C=O) groups is 1. The molecule has 1 aliphatic carbocycles. The van der Waals surface area contributed by atoms with E-state index in [4.69, 9.17) is 4.74 Å². The van der Waals surface area contributed by atoms with Crippen molar-refractivity contribution in [2.75, 3.05) is 13.7 Å². The first-order chi connectivity index (χ1) is 11.7. The molecule has 128 valence electrons. The van der Waals surface area contributed by atoms with E-state index in [1.807, 2.05) is 25.1 Å². The number of benzene rings is 1. The van der Waals surface area contributed by atoms with E-state index in [0.717, 1.165) is 23.5 Å². The fourth-order valence-electron chi connectivity index (χ4n) is 3.28. The molecule has 0 saturated heterocycles. The maximum Gasteiger partial charge on any atom is 0.271 e. The van der Waals surface area contributed by atoms with Crippen molar-refractivity contribution >= 4 is 5.91 Å². The summed E-state index contributed by atoms with van der Waals surface area (Å²) in [5, 5.41) is 7.45. The third-order valence-electron chi connectivity index (χ3n) is 4.68. The zero-order valence-electron chi connectivity index (χ0n) is 14.4. The van der Waals surface area contributed by atoms with Crippen molar-refractivity contribution in [2.24, 2.45) is 5.92 Å². The molecule has 1 fully saturated rings. The molecule has 0 spiro atoms. The number of rotatable bonds is 5. The summed E-state index contributed by atoms with van der Waals surface area (Å²) < 4.78 is 7.09. The van der Waals surface area contributed by atoms with E-state index in [2.05, 4.69) is 10.4 Å². The smallest absolute Gasteiger partial charge is 0.271 e. The Balaban J connectivity index is 1.68. The fourth-order valence-corrected chi connectivity index (χ4v) is 3.28. The van der Waals surface area contributed by atoms with Crippen LogP contribution in [0.4, 0.5) is 0 Å². The van der Waals surface area contributed by atoms with Crippen LogP contribution in [0.2, 0.25) is 0 Å².